The van der Waals surface area contributed by atoms with Gasteiger partial charge in [0.2, 0.25) is 0 Å². The number of hydrogen-bond acceptors (Lipinski definition) is 6. The third-order valence-corrected chi connectivity index (χ3v) is 6.62. The Morgan fingerprint density at radius 1 is 1.04 bits per heavy atom. The van der Waals surface area contributed by atoms with Crippen molar-refractivity contribution >= 4 is 27.6 Å². The molecule has 2 aromatic rings. The minimum Gasteiger partial charge on any atom is -0.361 e. The van der Waals surface area contributed by atoms with Gasteiger partial charge in [0.25, 0.3) is 10.0 Å². The van der Waals surface area contributed by atoms with Crippen LogP contribution in [0, 0.1) is 0 Å². The van der Waals surface area contributed by atoms with Gasteiger partial charge in [0.15, 0.2) is 5.82 Å². The van der Waals surface area contributed by atoms with Gasteiger partial charge < -0.3 is 10.2 Å². The first-order chi connectivity index (χ1) is 13.3. The first-order valence-corrected chi connectivity index (χ1v) is 10.8. The highest BCUT2D eigenvalue weighted by atomic mass is 32.2. The van der Waals surface area contributed by atoms with Gasteiger partial charge in [-0.1, -0.05) is 6.07 Å². The van der Waals surface area contributed by atoms with Gasteiger partial charge in [0.1, 0.15) is 4.90 Å². The van der Waals surface area contributed by atoms with E-state index < -0.39 is 16.1 Å². The van der Waals surface area contributed by atoms with E-state index in [1.807, 2.05) is 0 Å². The van der Waals surface area contributed by atoms with E-state index in [2.05, 4.69) is 26.3 Å². The molecule has 2 N–H and O–H groups in total. The van der Waals surface area contributed by atoms with E-state index in [4.69, 9.17) is 0 Å². The maximum Gasteiger partial charge on any atom is 0.333 e. The van der Waals surface area contributed by atoms with Crippen LogP contribution >= 0.6 is 0 Å². The van der Waals surface area contributed by atoms with Gasteiger partial charge in [-0.2, -0.15) is 5.10 Å². The number of carbonyl (C=O) groups excluding carboxylic acids is 1. The van der Waals surface area contributed by atoms with Gasteiger partial charge >= 0.3 is 6.03 Å². The molecule has 0 unspecified atom stereocenters. The number of aromatic nitrogens is 2. The van der Waals surface area contributed by atoms with Crippen molar-refractivity contribution in [1.29, 1.82) is 0 Å². The number of rotatable bonds is 4. The quantitative estimate of drug-likeness (QED) is 0.812. The lowest BCUT2D eigenvalue weighted by molar-refractivity contribution is 0.256. The summed E-state index contributed by atoms with van der Waals surface area (Å²) < 4.78 is 27.3. The standard InChI is InChI=1S/C19H23N5O3S/c1-24(2)17-10-14(11-20-22-17)28(26,27)23-19(25)21-18-15-7-3-5-12(15)9-13-6-4-8-16(13)18/h9-11H,3-8H2,1-2H3,(H2,21,23,25). The maximum atomic E-state index is 12.6. The molecule has 2 aliphatic carbocycles. The Balaban J connectivity index is 1.58. The topological polar surface area (TPSA) is 104 Å². The molecule has 0 saturated carbocycles. The van der Waals surface area contributed by atoms with E-state index in [1.54, 1.807) is 19.0 Å². The summed E-state index contributed by atoms with van der Waals surface area (Å²) in [5.41, 5.74) is 5.64. The molecular weight excluding hydrogens is 378 g/mol. The summed E-state index contributed by atoms with van der Waals surface area (Å²) in [7, 11) is -0.589. The lowest BCUT2D eigenvalue weighted by atomic mass is 9.99. The highest BCUT2D eigenvalue weighted by Gasteiger charge is 2.26. The number of urea groups is 1. The second-order valence-corrected chi connectivity index (χ2v) is 9.12. The molecule has 0 spiro atoms. The molecule has 0 atom stereocenters. The van der Waals surface area contributed by atoms with Crippen molar-refractivity contribution in [2.45, 2.75) is 43.4 Å². The molecule has 0 radical (unpaired) electrons. The predicted molar refractivity (Wildman–Crippen MR) is 106 cm³/mol. The number of hydrogen-bond donors (Lipinski definition) is 2. The molecule has 1 heterocycles. The first kappa shape index (κ1) is 18.7. The molecule has 1 aromatic heterocycles. The van der Waals surface area contributed by atoms with Crippen molar-refractivity contribution in [3.05, 3.63) is 40.6 Å². The summed E-state index contributed by atoms with van der Waals surface area (Å²) in [5, 5.41) is 10.4. The summed E-state index contributed by atoms with van der Waals surface area (Å²) in [6.07, 6.45) is 7.07. The number of nitrogens with zero attached hydrogens (tertiary/aromatic N) is 3. The molecule has 0 bridgehead atoms. The molecule has 28 heavy (non-hydrogen) atoms. The average molecular weight is 401 g/mol. The third-order valence-electron chi connectivity index (χ3n) is 5.32. The van der Waals surface area contributed by atoms with Gasteiger partial charge in [-0.15, -0.1) is 5.10 Å². The fourth-order valence-corrected chi connectivity index (χ4v) is 4.85. The van der Waals surface area contributed by atoms with Crippen LogP contribution in [0.25, 0.3) is 0 Å². The van der Waals surface area contributed by atoms with Crippen molar-refractivity contribution in [3.63, 3.8) is 0 Å². The highest BCUT2D eigenvalue weighted by molar-refractivity contribution is 7.90. The summed E-state index contributed by atoms with van der Waals surface area (Å²) in [6, 6.07) is 2.88. The molecular formula is C19H23N5O3S. The zero-order valence-corrected chi connectivity index (χ0v) is 16.8. The predicted octanol–water partition coefficient (Wildman–Crippen LogP) is 2.03. The largest absolute Gasteiger partial charge is 0.361 e. The van der Waals surface area contributed by atoms with Gasteiger partial charge in [-0.05, 0) is 60.8 Å². The minimum atomic E-state index is -4.05. The van der Waals surface area contributed by atoms with Crippen LogP contribution in [0.15, 0.2) is 23.2 Å². The molecule has 0 saturated heterocycles. The fourth-order valence-electron chi connectivity index (χ4n) is 3.99. The van der Waals surface area contributed by atoms with Crippen LogP contribution in [0.2, 0.25) is 0 Å². The second-order valence-electron chi connectivity index (χ2n) is 7.44. The lowest BCUT2D eigenvalue weighted by Gasteiger charge is -2.17. The number of nitrogens with one attached hydrogen (secondary N) is 2. The molecule has 4 rings (SSSR count). The SMILES string of the molecule is CN(C)c1cc(S(=O)(=O)NC(=O)Nc2c3c(cc4c2CCC4)CCC3)cnn1. The first-order valence-electron chi connectivity index (χ1n) is 9.35. The van der Waals surface area contributed by atoms with Crippen molar-refractivity contribution in [2.24, 2.45) is 0 Å². The normalized spacial score (nSPS) is 15.1. The van der Waals surface area contributed by atoms with Crippen molar-refractivity contribution in [2.75, 3.05) is 24.3 Å². The van der Waals surface area contributed by atoms with E-state index in [0.29, 0.717) is 5.82 Å². The third kappa shape index (κ3) is 3.42. The lowest BCUT2D eigenvalue weighted by Crippen LogP contribution is -2.35. The van der Waals surface area contributed by atoms with Gasteiger partial charge in [-0.25, -0.2) is 17.9 Å². The Kier molecular flexibility index (Phi) is 4.70. The number of aryl methyl sites for hydroxylation is 2. The van der Waals surface area contributed by atoms with Crippen LogP contribution in [0.3, 0.4) is 0 Å². The van der Waals surface area contributed by atoms with Crippen LogP contribution in [0.5, 0.6) is 0 Å². The fraction of sp³-hybridized carbons (Fsp3) is 0.421. The zero-order valence-electron chi connectivity index (χ0n) is 15.9. The van der Waals surface area contributed by atoms with Gasteiger partial charge in [0.05, 0.1) is 6.20 Å². The minimum absolute atomic E-state index is 0.107. The van der Waals surface area contributed by atoms with Crippen LogP contribution in [-0.4, -0.2) is 38.7 Å². The van der Waals surface area contributed by atoms with E-state index >= 15 is 0 Å². The molecule has 148 valence electrons. The number of benzene rings is 1. The number of amides is 2. The summed E-state index contributed by atoms with van der Waals surface area (Å²) in [6.45, 7) is 0. The summed E-state index contributed by atoms with van der Waals surface area (Å²) >= 11 is 0. The van der Waals surface area contributed by atoms with E-state index in [9.17, 15) is 13.2 Å². The smallest absolute Gasteiger partial charge is 0.333 e. The summed E-state index contributed by atoms with van der Waals surface area (Å²) in [5.74, 6) is 0.391. The Bertz CT molecular complexity index is 1020. The Morgan fingerprint density at radius 3 is 2.29 bits per heavy atom. The maximum absolute atomic E-state index is 12.6. The van der Waals surface area contributed by atoms with Gasteiger partial charge in [-0.3, -0.25) is 0 Å². The number of anilines is 2. The molecule has 0 aliphatic heterocycles. The van der Waals surface area contributed by atoms with Crippen LogP contribution < -0.4 is 14.9 Å². The zero-order chi connectivity index (χ0) is 19.9. The van der Waals surface area contributed by atoms with Gasteiger partial charge in [0, 0.05) is 25.8 Å². The number of sulfonamides is 1. The molecule has 2 aliphatic rings. The molecule has 9 heteroatoms. The van der Waals surface area contributed by atoms with Crippen molar-refractivity contribution < 1.29 is 13.2 Å². The summed E-state index contributed by atoms with van der Waals surface area (Å²) in [4.78, 5) is 14.1. The Hall–Kier alpha value is -2.68. The number of fused-ring (bicyclic) bond motifs is 2. The van der Waals surface area contributed by atoms with Crippen molar-refractivity contribution in [3.8, 4) is 0 Å². The van der Waals surface area contributed by atoms with Crippen molar-refractivity contribution in [1.82, 2.24) is 14.9 Å². The van der Waals surface area contributed by atoms with Crippen LogP contribution in [0.4, 0.5) is 16.3 Å². The van der Waals surface area contributed by atoms with Crippen LogP contribution in [0.1, 0.15) is 35.1 Å². The molecule has 8 nitrogen and oxygen atoms in total. The molecule has 2 amide bonds. The van der Waals surface area contributed by atoms with E-state index in [-0.39, 0.29) is 4.90 Å². The highest BCUT2D eigenvalue weighted by Crippen LogP contribution is 2.38. The second kappa shape index (κ2) is 7.05. The monoisotopic (exact) mass is 401 g/mol. The van der Waals surface area contributed by atoms with Crippen LogP contribution in [-0.2, 0) is 35.7 Å². The Labute approximate surface area is 164 Å². The van der Waals surface area contributed by atoms with E-state index in [0.717, 1.165) is 61.5 Å². The Morgan fingerprint density at radius 2 is 1.68 bits per heavy atom. The average Bonchev–Trinajstić information content (AvgIpc) is 3.30. The number of carbonyl (C=O) groups is 1. The van der Waals surface area contributed by atoms with E-state index in [1.165, 1.54) is 17.2 Å². The molecule has 0 fully saturated rings. The molecule has 1 aromatic carbocycles.